The van der Waals surface area contributed by atoms with Crippen molar-refractivity contribution >= 4 is 29.1 Å². The Hall–Kier alpha value is -3.35. The summed E-state index contributed by atoms with van der Waals surface area (Å²) in [4.78, 5) is 40.8. The molecule has 2 aromatic carbocycles. The molecule has 164 valence electrons. The predicted octanol–water partition coefficient (Wildman–Crippen LogP) is 3.21. The van der Waals surface area contributed by atoms with Crippen molar-refractivity contribution in [1.29, 1.82) is 0 Å². The third-order valence-electron chi connectivity index (χ3n) is 5.37. The number of nitrogens with zero attached hydrogens (tertiary/aromatic N) is 2. The number of nitrogens with one attached hydrogen (secondary N) is 1. The van der Waals surface area contributed by atoms with Crippen LogP contribution in [0.15, 0.2) is 36.4 Å². The Kier molecular flexibility index (Phi) is 6.63. The number of para-hydroxylation sites is 2. The van der Waals surface area contributed by atoms with Crippen LogP contribution in [-0.4, -0.2) is 48.9 Å². The molecule has 0 saturated carbocycles. The second kappa shape index (κ2) is 9.20. The number of hydrogen-bond acceptors (Lipinski definition) is 4. The molecular weight excluding hydrogens is 394 g/mol. The molecule has 0 unspecified atom stereocenters. The summed E-state index contributed by atoms with van der Waals surface area (Å²) in [7, 11) is 1.58. The number of aryl methyl sites for hydroxylation is 3. The van der Waals surface area contributed by atoms with Gasteiger partial charge in [-0.2, -0.15) is 0 Å². The minimum Gasteiger partial charge on any atom is -0.483 e. The molecule has 0 fully saturated rings. The molecule has 2 aromatic rings. The lowest BCUT2D eigenvalue weighted by Crippen LogP contribution is -2.46. The number of benzene rings is 2. The highest BCUT2D eigenvalue weighted by Gasteiger charge is 2.30. The minimum atomic E-state index is -0.325. The Bertz CT molecular complexity index is 995. The Labute approximate surface area is 183 Å². The van der Waals surface area contributed by atoms with Crippen LogP contribution in [0.5, 0.6) is 5.75 Å². The summed E-state index contributed by atoms with van der Waals surface area (Å²) in [6.45, 7) is 7.47. The first-order valence-corrected chi connectivity index (χ1v) is 10.3. The third-order valence-corrected chi connectivity index (χ3v) is 5.37. The van der Waals surface area contributed by atoms with Crippen LogP contribution in [0.1, 0.15) is 30.0 Å². The van der Waals surface area contributed by atoms with Gasteiger partial charge in [-0.1, -0.05) is 29.8 Å². The number of fused-ring (bicyclic) bond motifs is 1. The summed E-state index contributed by atoms with van der Waals surface area (Å²) >= 11 is 0. The van der Waals surface area contributed by atoms with Crippen LogP contribution < -0.4 is 15.0 Å². The largest absolute Gasteiger partial charge is 0.483 e. The normalized spacial score (nSPS) is 15.6. The van der Waals surface area contributed by atoms with E-state index in [9.17, 15) is 14.4 Å². The average molecular weight is 424 g/mol. The summed E-state index contributed by atoms with van der Waals surface area (Å²) in [6.07, 6.45) is 0.188. The van der Waals surface area contributed by atoms with Crippen molar-refractivity contribution in [1.82, 2.24) is 4.90 Å². The molecular formula is C24H29N3O4. The molecule has 3 amide bonds. The quantitative estimate of drug-likeness (QED) is 0.801. The molecule has 0 bridgehead atoms. The van der Waals surface area contributed by atoms with Gasteiger partial charge >= 0.3 is 0 Å². The Morgan fingerprint density at radius 2 is 1.81 bits per heavy atom. The smallest absolute Gasteiger partial charge is 0.260 e. The van der Waals surface area contributed by atoms with Gasteiger partial charge in [0, 0.05) is 19.5 Å². The fraction of sp³-hybridized carbons (Fsp3) is 0.375. The second-order valence-electron chi connectivity index (χ2n) is 8.15. The topological polar surface area (TPSA) is 79.0 Å². The number of carbonyl (C=O) groups excluding carboxylic acids is 3. The van der Waals surface area contributed by atoms with Crippen LogP contribution >= 0.6 is 0 Å². The molecule has 1 N–H and O–H groups in total. The fourth-order valence-electron chi connectivity index (χ4n) is 3.97. The lowest BCUT2D eigenvalue weighted by molar-refractivity contribution is -0.135. The zero-order valence-electron chi connectivity index (χ0n) is 18.7. The lowest BCUT2D eigenvalue weighted by Gasteiger charge is -2.29. The zero-order valence-corrected chi connectivity index (χ0v) is 18.7. The molecule has 0 spiro atoms. The van der Waals surface area contributed by atoms with Crippen molar-refractivity contribution in [2.24, 2.45) is 0 Å². The summed E-state index contributed by atoms with van der Waals surface area (Å²) in [6, 6.07) is 10.9. The maximum absolute atomic E-state index is 13.1. The van der Waals surface area contributed by atoms with E-state index >= 15 is 0 Å². The van der Waals surface area contributed by atoms with Crippen LogP contribution in [0.3, 0.4) is 0 Å². The highest BCUT2D eigenvalue weighted by atomic mass is 16.5. The Balaban J connectivity index is 1.68. The SMILES string of the molecule is Cc1cc(C)c(OCC(=O)N(C)CC(=O)N2c3ccccc3NC(=O)C[C@@H]2C)c(C)c1. The standard InChI is InChI=1S/C24H29N3O4/c1-15-10-16(2)24(17(3)11-15)31-14-23(30)26(5)13-22(29)27-18(4)12-21(28)25-19-8-6-7-9-20(19)27/h6-11,18H,12-14H2,1-5H3,(H,25,28)/t18-/m0/s1. The van der Waals surface area contributed by atoms with E-state index in [1.807, 2.05) is 45.9 Å². The average Bonchev–Trinajstić information content (AvgIpc) is 2.80. The summed E-state index contributed by atoms with van der Waals surface area (Å²) < 4.78 is 5.77. The second-order valence-corrected chi connectivity index (χ2v) is 8.15. The zero-order chi connectivity index (χ0) is 22.7. The van der Waals surface area contributed by atoms with Gasteiger partial charge in [0.1, 0.15) is 5.75 Å². The van der Waals surface area contributed by atoms with E-state index in [1.165, 1.54) is 4.90 Å². The first-order valence-electron chi connectivity index (χ1n) is 10.3. The van der Waals surface area contributed by atoms with Gasteiger partial charge in [0.25, 0.3) is 5.91 Å². The van der Waals surface area contributed by atoms with E-state index in [4.69, 9.17) is 4.74 Å². The predicted molar refractivity (Wildman–Crippen MR) is 120 cm³/mol. The van der Waals surface area contributed by atoms with Crippen molar-refractivity contribution in [3.63, 3.8) is 0 Å². The molecule has 1 aliphatic rings. The van der Waals surface area contributed by atoms with Crippen molar-refractivity contribution < 1.29 is 19.1 Å². The molecule has 0 radical (unpaired) electrons. The highest BCUT2D eigenvalue weighted by Crippen LogP contribution is 2.31. The van der Waals surface area contributed by atoms with Crippen molar-refractivity contribution in [3.8, 4) is 5.75 Å². The summed E-state index contributed by atoms with van der Waals surface area (Å²) in [5.74, 6) is 0.00272. The van der Waals surface area contributed by atoms with Crippen LogP contribution in [0, 0.1) is 20.8 Å². The number of amides is 3. The van der Waals surface area contributed by atoms with Crippen LogP contribution in [-0.2, 0) is 14.4 Å². The van der Waals surface area contributed by atoms with Gasteiger partial charge in [0.2, 0.25) is 11.8 Å². The van der Waals surface area contributed by atoms with E-state index in [0.717, 1.165) is 16.7 Å². The molecule has 0 saturated heterocycles. The van der Waals surface area contributed by atoms with Crippen LogP contribution in [0.25, 0.3) is 0 Å². The molecule has 0 aromatic heterocycles. The van der Waals surface area contributed by atoms with Gasteiger partial charge in [-0.05, 0) is 51.0 Å². The number of carbonyl (C=O) groups is 3. The first-order chi connectivity index (χ1) is 14.7. The number of ether oxygens (including phenoxy) is 1. The lowest BCUT2D eigenvalue weighted by atomic mass is 10.1. The van der Waals surface area contributed by atoms with Crippen molar-refractivity contribution in [2.75, 3.05) is 30.4 Å². The highest BCUT2D eigenvalue weighted by molar-refractivity contribution is 6.05. The molecule has 31 heavy (non-hydrogen) atoms. The van der Waals surface area contributed by atoms with Gasteiger partial charge < -0.3 is 19.9 Å². The fourth-order valence-corrected chi connectivity index (χ4v) is 3.97. The summed E-state index contributed by atoms with van der Waals surface area (Å²) in [5, 5.41) is 2.83. The molecule has 7 heteroatoms. The minimum absolute atomic E-state index is 0.110. The molecule has 1 atom stereocenters. The van der Waals surface area contributed by atoms with Crippen LogP contribution in [0.2, 0.25) is 0 Å². The van der Waals surface area contributed by atoms with Gasteiger partial charge in [0.15, 0.2) is 6.61 Å². The van der Waals surface area contributed by atoms with Gasteiger partial charge in [-0.25, -0.2) is 0 Å². The van der Waals surface area contributed by atoms with Crippen molar-refractivity contribution in [3.05, 3.63) is 53.1 Å². The maximum atomic E-state index is 13.1. The molecule has 1 heterocycles. The number of rotatable bonds is 5. The van der Waals surface area contributed by atoms with E-state index in [1.54, 1.807) is 30.1 Å². The summed E-state index contributed by atoms with van der Waals surface area (Å²) in [5.41, 5.74) is 4.30. The Morgan fingerprint density at radius 1 is 1.16 bits per heavy atom. The molecule has 1 aliphatic heterocycles. The molecule has 3 rings (SSSR count). The number of hydrogen-bond donors (Lipinski definition) is 1. The van der Waals surface area contributed by atoms with Gasteiger partial charge in [-0.3, -0.25) is 14.4 Å². The maximum Gasteiger partial charge on any atom is 0.260 e. The van der Waals surface area contributed by atoms with E-state index in [0.29, 0.717) is 17.1 Å². The number of anilines is 2. The first kappa shape index (κ1) is 22.3. The molecule has 0 aliphatic carbocycles. The monoisotopic (exact) mass is 423 g/mol. The number of likely N-dealkylation sites (N-methyl/N-ethyl adjacent to an activating group) is 1. The van der Waals surface area contributed by atoms with Crippen LogP contribution in [0.4, 0.5) is 11.4 Å². The van der Waals surface area contributed by atoms with Gasteiger partial charge in [-0.15, -0.1) is 0 Å². The van der Waals surface area contributed by atoms with Crippen molar-refractivity contribution in [2.45, 2.75) is 40.2 Å². The Morgan fingerprint density at radius 3 is 2.48 bits per heavy atom. The molecule has 7 nitrogen and oxygen atoms in total. The van der Waals surface area contributed by atoms with E-state index in [2.05, 4.69) is 5.32 Å². The van der Waals surface area contributed by atoms with E-state index < -0.39 is 0 Å². The third kappa shape index (κ3) is 5.05. The van der Waals surface area contributed by atoms with Gasteiger partial charge in [0.05, 0.1) is 17.9 Å². The van der Waals surface area contributed by atoms with E-state index in [-0.39, 0.29) is 43.3 Å².